The Hall–Kier alpha value is -2.87. The van der Waals surface area contributed by atoms with Crippen molar-refractivity contribution in [3.8, 4) is 0 Å². The molecule has 2 saturated heterocycles. The summed E-state index contributed by atoms with van der Waals surface area (Å²) in [7, 11) is 1.73. The zero-order valence-electron chi connectivity index (χ0n) is 21.3. The highest BCUT2D eigenvalue weighted by molar-refractivity contribution is 5.94. The van der Waals surface area contributed by atoms with Gasteiger partial charge in [0.15, 0.2) is 5.69 Å². The van der Waals surface area contributed by atoms with Gasteiger partial charge in [-0.15, -0.1) is 0 Å². The first-order chi connectivity index (χ1) is 17.0. The van der Waals surface area contributed by atoms with Crippen LogP contribution in [0.2, 0.25) is 0 Å². The first-order valence-electron chi connectivity index (χ1n) is 13.0. The summed E-state index contributed by atoms with van der Waals surface area (Å²) in [4.78, 5) is 32.7. The molecule has 1 aliphatic carbocycles. The van der Waals surface area contributed by atoms with Gasteiger partial charge in [0, 0.05) is 63.3 Å². The molecule has 5 rings (SSSR count). The van der Waals surface area contributed by atoms with Gasteiger partial charge in [0.2, 0.25) is 5.91 Å². The van der Waals surface area contributed by atoms with Gasteiger partial charge in [-0.25, -0.2) is 0 Å². The van der Waals surface area contributed by atoms with Crippen LogP contribution in [0.25, 0.3) is 0 Å². The number of methoxy groups -OCH3 is 1. The number of likely N-dealkylation sites (tertiary alicyclic amines) is 1. The van der Waals surface area contributed by atoms with Crippen molar-refractivity contribution < 1.29 is 14.3 Å². The van der Waals surface area contributed by atoms with Crippen LogP contribution in [0, 0.1) is 13.8 Å². The van der Waals surface area contributed by atoms with E-state index in [9.17, 15) is 9.59 Å². The van der Waals surface area contributed by atoms with Crippen LogP contribution in [0.5, 0.6) is 0 Å². The number of anilines is 1. The lowest BCUT2D eigenvalue weighted by Gasteiger charge is -2.37. The van der Waals surface area contributed by atoms with Gasteiger partial charge in [0.1, 0.15) is 6.54 Å². The molecule has 2 amide bonds. The topological polar surface area (TPSA) is 70.9 Å². The normalized spacial score (nSPS) is 18.8. The predicted molar refractivity (Wildman–Crippen MR) is 135 cm³/mol. The molecule has 3 heterocycles. The number of aromatic nitrogens is 2. The van der Waals surface area contributed by atoms with Crippen molar-refractivity contribution in [3.63, 3.8) is 0 Å². The molecular formula is C27H37N5O3. The van der Waals surface area contributed by atoms with E-state index in [0.717, 1.165) is 56.5 Å². The third-order valence-corrected chi connectivity index (χ3v) is 8.11. The summed E-state index contributed by atoms with van der Waals surface area (Å²) < 4.78 is 7.26. The Bertz CT molecular complexity index is 1090. The molecule has 1 aromatic heterocycles. The van der Waals surface area contributed by atoms with Crippen molar-refractivity contribution in [1.29, 1.82) is 0 Å². The highest BCUT2D eigenvalue weighted by Gasteiger charge is 2.32. The monoisotopic (exact) mass is 479 g/mol. The number of benzene rings is 1. The Labute approximate surface area is 207 Å². The van der Waals surface area contributed by atoms with Crippen molar-refractivity contribution in [1.82, 2.24) is 19.6 Å². The molecule has 2 aliphatic heterocycles. The van der Waals surface area contributed by atoms with Crippen LogP contribution < -0.4 is 4.90 Å². The van der Waals surface area contributed by atoms with Gasteiger partial charge in [0.25, 0.3) is 5.91 Å². The van der Waals surface area contributed by atoms with Crippen LogP contribution in [0.15, 0.2) is 18.2 Å². The second kappa shape index (κ2) is 10.0. The molecule has 0 unspecified atom stereocenters. The Morgan fingerprint density at radius 2 is 1.74 bits per heavy atom. The van der Waals surface area contributed by atoms with Crippen LogP contribution >= 0.6 is 0 Å². The number of hydrogen-bond donors (Lipinski definition) is 0. The molecule has 1 aromatic carbocycles. The van der Waals surface area contributed by atoms with Gasteiger partial charge in [-0.3, -0.25) is 14.3 Å². The summed E-state index contributed by atoms with van der Waals surface area (Å²) in [6.07, 6.45) is 4.72. The largest absolute Gasteiger partial charge is 0.381 e. The van der Waals surface area contributed by atoms with E-state index in [0.29, 0.717) is 31.9 Å². The molecule has 0 radical (unpaired) electrons. The summed E-state index contributed by atoms with van der Waals surface area (Å²) >= 11 is 0. The highest BCUT2D eigenvalue weighted by Crippen LogP contribution is 2.28. The predicted octanol–water partition coefficient (Wildman–Crippen LogP) is 2.59. The van der Waals surface area contributed by atoms with Gasteiger partial charge in [0.05, 0.1) is 6.10 Å². The molecule has 188 valence electrons. The van der Waals surface area contributed by atoms with Gasteiger partial charge in [-0.1, -0.05) is 12.1 Å². The number of rotatable bonds is 5. The van der Waals surface area contributed by atoms with Crippen LogP contribution in [-0.4, -0.2) is 83.9 Å². The minimum Gasteiger partial charge on any atom is -0.381 e. The summed E-state index contributed by atoms with van der Waals surface area (Å²) in [5.74, 6) is 0.0914. The van der Waals surface area contributed by atoms with Gasteiger partial charge >= 0.3 is 0 Å². The molecule has 8 nitrogen and oxygen atoms in total. The van der Waals surface area contributed by atoms with E-state index >= 15 is 0 Å². The molecule has 0 bridgehead atoms. The third kappa shape index (κ3) is 4.68. The van der Waals surface area contributed by atoms with Gasteiger partial charge < -0.3 is 19.4 Å². The molecule has 0 spiro atoms. The zero-order valence-corrected chi connectivity index (χ0v) is 21.3. The molecule has 0 atom stereocenters. The van der Waals surface area contributed by atoms with E-state index < -0.39 is 0 Å². The Kier molecular flexibility index (Phi) is 6.82. The average molecular weight is 480 g/mol. The Morgan fingerprint density at radius 3 is 2.46 bits per heavy atom. The van der Waals surface area contributed by atoms with Crippen molar-refractivity contribution in [2.24, 2.45) is 0 Å². The van der Waals surface area contributed by atoms with Crippen molar-refractivity contribution in [3.05, 3.63) is 46.3 Å². The van der Waals surface area contributed by atoms with Crippen LogP contribution in [-0.2, 0) is 28.9 Å². The zero-order chi connectivity index (χ0) is 24.5. The number of carbonyl (C=O) groups excluding carboxylic acids is 2. The van der Waals surface area contributed by atoms with E-state index in [-0.39, 0.29) is 24.5 Å². The Morgan fingerprint density at radius 1 is 1.00 bits per heavy atom. The number of ether oxygens (including phenoxy) is 1. The van der Waals surface area contributed by atoms with Crippen molar-refractivity contribution >= 4 is 17.5 Å². The quantitative estimate of drug-likeness (QED) is 0.659. The molecule has 8 heteroatoms. The smallest absolute Gasteiger partial charge is 0.274 e. The maximum absolute atomic E-state index is 13.3. The second-order valence-corrected chi connectivity index (χ2v) is 10.1. The maximum atomic E-state index is 13.3. The van der Waals surface area contributed by atoms with Crippen molar-refractivity contribution in [2.75, 3.05) is 51.3 Å². The third-order valence-electron chi connectivity index (χ3n) is 8.11. The Balaban J connectivity index is 1.23. The molecule has 0 N–H and O–H groups in total. The lowest BCUT2D eigenvalue weighted by atomic mass is 10.1. The number of nitrogens with zero attached hydrogens (tertiary/aromatic N) is 5. The minimum atomic E-state index is 0.00559. The number of amides is 2. The van der Waals surface area contributed by atoms with Gasteiger partial charge in [-0.05, 0) is 63.1 Å². The molecular weight excluding hydrogens is 442 g/mol. The van der Waals surface area contributed by atoms with E-state index in [1.807, 2.05) is 14.5 Å². The van der Waals surface area contributed by atoms with Crippen LogP contribution in [0.3, 0.4) is 0 Å². The summed E-state index contributed by atoms with van der Waals surface area (Å²) in [5, 5.41) is 4.70. The summed E-state index contributed by atoms with van der Waals surface area (Å²) in [5.41, 5.74) is 6.55. The fraction of sp³-hybridized carbons (Fsp3) is 0.593. The number of fused-ring (bicyclic) bond motifs is 1. The number of aryl methyl sites for hydroxylation is 1. The minimum absolute atomic E-state index is 0.00559. The number of hydrogen-bond acceptors (Lipinski definition) is 5. The SMILES string of the molecule is COC1CCN(C(=O)c2nn(CC(=O)N3CCN(c4cccc(C)c4C)CC3)c3c2CCC3)CC1. The molecule has 3 aliphatic rings. The van der Waals surface area contributed by atoms with E-state index in [1.54, 1.807) is 7.11 Å². The van der Waals surface area contributed by atoms with Crippen LogP contribution in [0.4, 0.5) is 5.69 Å². The maximum Gasteiger partial charge on any atom is 0.274 e. The van der Waals surface area contributed by atoms with Gasteiger partial charge in [-0.2, -0.15) is 5.10 Å². The number of piperidine rings is 1. The molecule has 2 fully saturated rings. The highest BCUT2D eigenvalue weighted by atomic mass is 16.5. The molecule has 35 heavy (non-hydrogen) atoms. The van der Waals surface area contributed by atoms with E-state index in [4.69, 9.17) is 9.84 Å². The van der Waals surface area contributed by atoms with Crippen molar-refractivity contribution in [2.45, 2.75) is 58.6 Å². The summed E-state index contributed by atoms with van der Waals surface area (Å²) in [6, 6.07) is 6.41. The fourth-order valence-corrected chi connectivity index (χ4v) is 5.76. The number of carbonyl (C=O) groups is 2. The molecule has 0 saturated carbocycles. The first-order valence-corrected chi connectivity index (χ1v) is 13.0. The van der Waals surface area contributed by atoms with Crippen LogP contribution in [0.1, 0.15) is 52.1 Å². The number of piperazine rings is 1. The van der Waals surface area contributed by atoms with E-state index in [1.165, 1.54) is 16.8 Å². The first kappa shape index (κ1) is 23.9. The second-order valence-electron chi connectivity index (χ2n) is 10.1. The summed E-state index contributed by atoms with van der Waals surface area (Å²) in [6.45, 7) is 8.98. The average Bonchev–Trinajstić information content (AvgIpc) is 3.49. The van der Waals surface area contributed by atoms with E-state index in [2.05, 4.69) is 36.9 Å². The standard InChI is InChI=1S/C27H37N5O3/c1-19-6-4-8-23(20(19)2)29-14-16-30(17-15-29)25(33)18-32-24-9-5-7-22(24)26(28-32)27(34)31-12-10-21(35-3)11-13-31/h4,6,8,21H,5,7,9-18H2,1-3H3. The molecule has 2 aromatic rings. The lowest BCUT2D eigenvalue weighted by Crippen LogP contribution is -2.50. The fourth-order valence-electron chi connectivity index (χ4n) is 5.76. The lowest BCUT2D eigenvalue weighted by molar-refractivity contribution is -0.132.